The van der Waals surface area contributed by atoms with Crippen molar-refractivity contribution in [1.82, 2.24) is 0 Å². The van der Waals surface area contributed by atoms with Gasteiger partial charge in [-0.3, -0.25) is 0 Å². The van der Waals surface area contributed by atoms with Gasteiger partial charge in [-0.1, -0.05) is 12.1 Å². The number of hydrogen-bond acceptors (Lipinski definition) is 4. The van der Waals surface area contributed by atoms with Crippen LogP contribution in [0, 0.1) is 0 Å². The van der Waals surface area contributed by atoms with Crippen LogP contribution >= 0.6 is 11.8 Å². The topological polar surface area (TPSA) is 35.5 Å². The Bertz CT molecular complexity index is 365. The zero-order valence-corrected chi connectivity index (χ0v) is 9.25. The summed E-state index contributed by atoms with van der Waals surface area (Å²) >= 11 is 1.63. The van der Waals surface area contributed by atoms with Gasteiger partial charge in [-0.05, 0) is 19.1 Å². The van der Waals surface area contributed by atoms with E-state index in [1.54, 1.807) is 18.7 Å². The molecule has 1 aromatic carbocycles. The van der Waals surface area contributed by atoms with E-state index in [1.165, 1.54) is 0 Å². The average molecular weight is 224 g/mol. The van der Waals surface area contributed by atoms with E-state index in [9.17, 15) is 4.79 Å². The van der Waals surface area contributed by atoms with Gasteiger partial charge in [-0.15, -0.1) is 11.8 Å². The SMILES string of the molecule is CCOC(=O)C1CSc2ccccc2O1. The number of ether oxygens (including phenoxy) is 2. The Kier molecular flexibility index (Phi) is 3.16. The highest BCUT2D eigenvalue weighted by atomic mass is 32.2. The average Bonchev–Trinajstić information content (AvgIpc) is 2.29. The van der Waals surface area contributed by atoms with Gasteiger partial charge < -0.3 is 9.47 Å². The molecule has 0 radical (unpaired) electrons. The summed E-state index contributed by atoms with van der Waals surface area (Å²) < 4.78 is 10.5. The molecule has 15 heavy (non-hydrogen) atoms. The number of rotatable bonds is 2. The minimum atomic E-state index is -0.468. The summed E-state index contributed by atoms with van der Waals surface area (Å²) in [5, 5.41) is 0. The maximum atomic E-state index is 11.4. The Labute approximate surface area is 92.8 Å². The molecule has 2 rings (SSSR count). The molecule has 4 heteroatoms. The number of benzene rings is 1. The van der Waals surface area contributed by atoms with Crippen LogP contribution in [0.4, 0.5) is 0 Å². The van der Waals surface area contributed by atoms with Gasteiger partial charge in [0.15, 0.2) is 0 Å². The van der Waals surface area contributed by atoms with E-state index in [0.29, 0.717) is 12.4 Å². The van der Waals surface area contributed by atoms with Crippen LogP contribution in [0.25, 0.3) is 0 Å². The molecule has 3 nitrogen and oxygen atoms in total. The van der Waals surface area contributed by atoms with Crippen molar-refractivity contribution < 1.29 is 14.3 Å². The predicted molar refractivity (Wildman–Crippen MR) is 58.2 cm³/mol. The van der Waals surface area contributed by atoms with Gasteiger partial charge in [0.1, 0.15) is 5.75 Å². The molecule has 0 aromatic heterocycles. The summed E-state index contributed by atoms with van der Waals surface area (Å²) in [5.41, 5.74) is 0. The first kappa shape index (κ1) is 10.4. The molecule has 0 spiro atoms. The summed E-state index contributed by atoms with van der Waals surface area (Å²) in [4.78, 5) is 12.5. The Morgan fingerprint density at radius 3 is 3.20 bits per heavy atom. The van der Waals surface area contributed by atoms with E-state index in [2.05, 4.69) is 0 Å². The molecule has 0 amide bonds. The third-order valence-electron chi connectivity index (χ3n) is 2.06. The van der Waals surface area contributed by atoms with Crippen LogP contribution in [0.5, 0.6) is 5.75 Å². The first-order chi connectivity index (χ1) is 7.31. The number of thioether (sulfide) groups is 1. The molecular weight excluding hydrogens is 212 g/mol. The maximum absolute atomic E-state index is 11.4. The summed E-state index contributed by atoms with van der Waals surface area (Å²) in [6.07, 6.45) is -0.468. The largest absolute Gasteiger partial charge is 0.477 e. The lowest BCUT2D eigenvalue weighted by atomic mass is 10.3. The summed E-state index contributed by atoms with van der Waals surface area (Å²) in [6, 6.07) is 7.71. The molecule has 1 atom stereocenters. The van der Waals surface area contributed by atoms with Crippen LogP contribution in [0.3, 0.4) is 0 Å². The molecule has 1 aliphatic rings. The first-order valence-corrected chi connectivity index (χ1v) is 5.85. The summed E-state index contributed by atoms with van der Waals surface area (Å²) in [5.74, 6) is 1.11. The Morgan fingerprint density at radius 1 is 1.60 bits per heavy atom. The first-order valence-electron chi connectivity index (χ1n) is 4.86. The molecule has 1 aromatic rings. The molecule has 0 saturated heterocycles. The zero-order valence-electron chi connectivity index (χ0n) is 8.43. The van der Waals surface area contributed by atoms with Crippen LogP contribution in [0.1, 0.15) is 6.92 Å². The molecule has 1 heterocycles. The fourth-order valence-electron chi connectivity index (χ4n) is 1.37. The van der Waals surface area contributed by atoms with E-state index in [-0.39, 0.29) is 5.97 Å². The minimum absolute atomic E-state index is 0.278. The van der Waals surface area contributed by atoms with Gasteiger partial charge in [-0.2, -0.15) is 0 Å². The Hall–Kier alpha value is -1.16. The van der Waals surface area contributed by atoms with Gasteiger partial charge >= 0.3 is 5.97 Å². The number of hydrogen-bond donors (Lipinski definition) is 0. The predicted octanol–water partition coefficient (Wildman–Crippen LogP) is 2.10. The van der Waals surface area contributed by atoms with Gasteiger partial charge in [-0.25, -0.2) is 4.79 Å². The van der Waals surface area contributed by atoms with Gasteiger partial charge in [0.25, 0.3) is 0 Å². The van der Waals surface area contributed by atoms with Crippen LogP contribution in [0.15, 0.2) is 29.2 Å². The fraction of sp³-hybridized carbons (Fsp3) is 0.364. The van der Waals surface area contributed by atoms with Crippen molar-refractivity contribution in [2.75, 3.05) is 12.4 Å². The molecule has 1 unspecified atom stereocenters. The molecule has 0 fully saturated rings. The van der Waals surface area contributed by atoms with Gasteiger partial charge in [0, 0.05) is 10.6 Å². The highest BCUT2D eigenvalue weighted by Gasteiger charge is 2.27. The summed E-state index contributed by atoms with van der Waals surface area (Å²) in [6.45, 7) is 2.19. The number of esters is 1. The molecule has 1 aliphatic heterocycles. The highest BCUT2D eigenvalue weighted by molar-refractivity contribution is 7.99. The highest BCUT2D eigenvalue weighted by Crippen LogP contribution is 2.35. The van der Waals surface area contributed by atoms with E-state index >= 15 is 0 Å². The smallest absolute Gasteiger partial charge is 0.348 e. The second-order valence-corrected chi connectivity index (χ2v) is 4.18. The molecule has 80 valence electrons. The van der Waals surface area contributed by atoms with Crippen molar-refractivity contribution in [3.8, 4) is 5.75 Å². The fourth-order valence-corrected chi connectivity index (χ4v) is 2.34. The van der Waals surface area contributed by atoms with Crippen LogP contribution in [-0.4, -0.2) is 24.4 Å². The third-order valence-corrected chi connectivity index (χ3v) is 3.18. The van der Waals surface area contributed by atoms with Crippen molar-refractivity contribution in [3.63, 3.8) is 0 Å². The molecule has 0 aliphatic carbocycles. The molecule has 0 saturated carbocycles. The number of carbonyl (C=O) groups is 1. The van der Waals surface area contributed by atoms with Crippen molar-refractivity contribution >= 4 is 17.7 Å². The number of fused-ring (bicyclic) bond motifs is 1. The van der Waals surface area contributed by atoms with Crippen molar-refractivity contribution in [3.05, 3.63) is 24.3 Å². The molecule has 0 N–H and O–H groups in total. The van der Waals surface area contributed by atoms with Crippen LogP contribution in [-0.2, 0) is 9.53 Å². The van der Waals surface area contributed by atoms with Gasteiger partial charge in [0.2, 0.25) is 6.10 Å². The number of para-hydroxylation sites is 1. The third kappa shape index (κ3) is 2.26. The van der Waals surface area contributed by atoms with Crippen molar-refractivity contribution in [2.24, 2.45) is 0 Å². The lowest BCUT2D eigenvalue weighted by molar-refractivity contribution is -0.150. The van der Waals surface area contributed by atoms with Crippen molar-refractivity contribution in [1.29, 1.82) is 0 Å². The molecular formula is C11H12O3S. The van der Waals surface area contributed by atoms with E-state index in [1.807, 2.05) is 24.3 Å². The second-order valence-electron chi connectivity index (χ2n) is 3.12. The zero-order chi connectivity index (χ0) is 10.7. The number of carbonyl (C=O) groups excluding carboxylic acids is 1. The molecule has 0 bridgehead atoms. The van der Waals surface area contributed by atoms with Crippen LogP contribution < -0.4 is 4.74 Å². The quantitative estimate of drug-likeness (QED) is 0.721. The Morgan fingerprint density at radius 2 is 2.40 bits per heavy atom. The normalized spacial score (nSPS) is 18.9. The standard InChI is InChI=1S/C11H12O3S/c1-2-13-11(12)9-7-15-10-6-4-3-5-8(10)14-9/h3-6,9H,2,7H2,1H3. The van der Waals surface area contributed by atoms with E-state index in [0.717, 1.165) is 10.6 Å². The minimum Gasteiger partial charge on any atom is -0.477 e. The van der Waals surface area contributed by atoms with E-state index < -0.39 is 6.10 Å². The van der Waals surface area contributed by atoms with E-state index in [4.69, 9.17) is 9.47 Å². The monoisotopic (exact) mass is 224 g/mol. The second kappa shape index (κ2) is 4.57. The van der Waals surface area contributed by atoms with Gasteiger partial charge in [0.05, 0.1) is 6.61 Å². The summed E-state index contributed by atoms with van der Waals surface area (Å²) in [7, 11) is 0. The lowest BCUT2D eigenvalue weighted by Gasteiger charge is -2.23. The van der Waals surface area contributed by atoms with Crippen molar-refractivity contribution in [2.45, 2.75) is 17.9 Å². The van der Waals surface area contributed by atoms with Crippen LogP contribution in [0.2, 0.25) is 0 Å². The Balaban J connectivity index is 2.08. The maximum Gasteiger partial charge on any atom is 0.348 e. The lowest BCUT2D eigenvalue weighted by Crippen LogP contribution is -2.33.